The molecule has 0 fully saturated rings. The molecule has 0 saturated carbocycles. The number of hydrogen-bond donors (Lipinski definition) is 1. The lowest BCUT2D eigenvalue weighted by molar-refractivity contribution is 0.867. The smallest absolute Gasteiger partial charge is 0.158 e. The predicted octanol–water partition coefficient (Wildman–Crippen LogP) is 5.01. The summed E-state index contributed by atoms with van der Waals surface area (Å²) in [4.78, 5) is 4.55. The highest BCUT2D eigenvalue weighted by Crippen LogP contribution is 2.31. The second-order valence-electron chi connectivity index (χ2n) is 5.32. The highest BCUT2D eigenvalue weighted by Gasteiger charge is 2.14. The van der Waals surface area contributed by atoms with Gasteiger partial charge in [0.2, 0.25) is 0 Å². The summed E-state index contributed by atoms with van der Waals surface area (Å²) in [6.07, 6.45) is 1.72. The molecule has 0 aliphatic heterocycles. The second kappa shape index (κ2) is 5.24. The maximum absolute atomic E-state index is 6.19. The van der Waals surface area contributed by atoms with Crippen LogP contribution in [0.25, 0.3) is 16.9 Å². The van der Waals surface area contributed by atoms with Crippen molar-refractivity contribution in [3.63, 3.8) is 0 Å². The van der Waals surface area contributed by atoms with Crippen LogP contribution < -0.4 is 5.73 Å². The van der Waals surface area contributed by atoms with Gasteiger partial charge >= 0.3 is 0 Å². The average molecular weight is 320 g/mol. The minimum Gasteiger partial charge on any atom is -0.383 e. The molecule has 3 nitrogen and oxygen atoms in total. The van der Waals surface area contributed by atoms with Crippen molar-refractivity contribution in [3.8, 4) is 11.3 Å². The van der Waals surface area contributed by atoms with Crippen molar-refractivity contribution >= 4 is 34.7 Å². The van der Waals surface area contributed by atoms with Gasteiger partial charge in [0, 0.05) is 11.8 Å². The van der Waals surface area contributed by atoms with Crippen molar-refractivity contribution < 1.29 is 0 Å². The molecule has 0 bridgehead atoms. The Balaban J connectivity index is 2.16. The van der Waals surface area contributed by atoms with Crippen LogP contribution in [-0.2, 0) is 0 Å². The van der Waals surface area contributed by atoms with Crippen molar-refractivity contribution in [2.45, 2.75) is 19.8 Å². The molecule has 108 valence electrons. The Labute approximate surface area is 133 Å². The number of nitrogen functional groups attached to an aromatic ring is 1. The van der Waals surface area contributed by atoms with Gasteiger partial charge in [-0.1, -0.05) is 61.3 Å². The quantitative estimate of drug-likeness (QED) is 0.721. The second-order valence-corrected chi connectivity index (χ2v) is 6.17. The molecule has 0 amide bonds. The average Bonchev–Trinajstić information content (AvgIpc) is 2.77. The summed E-state index contributed by atoms with van der Waals surface area (Å²) in [6.45, 7) is 4.33. The molecule has 3 aromatic rings. The largest absolute Gasteiger partial charge is 0.383 e. The predicted molar refractivity (Wildman–Crippen MR) is 89.1 cm³/mol. The summed E-state index contributed by atoms with van der Waals surface area (Å²) < 4.78 is 1.72. The van der Waals surface area contributed by atoms with Gasteiger partial charge in [0.05, 0.1) is 10.0 Å². The molecule has 21 heavy (non-hydrogen) atoms. The number of fused-ring (bicyclic) bond motifs is 1. The molecule has 0 spiro atoms. The lowest BCUT2D eigenvalue weighted by Gasteiger charge is -2.06. The summed E-state index contributed by atoms with van der Waals surface area (Å²) in [5.74, 6) is 1.03. The number of hydrogen-bond acceptors (Lipinski definition) is 2. The molecule has 2 heterocycles. The minimum atomic E-state index is 0.485. The Morgan fingerprint density at radius 3 is 2.43 bits per heavy atom. The number of nitrogens with zero attached hydrogens (tertiary/aromatic N) is 2. The topological polar surface area (TPSA) is 43.3 Å². The zero-order valence-electron chi connectivity index (χ0n) is 11.8. The third-order valence-electron chi connectivity index (χ3n) is 3.53. The molecule has 3 rings (SSSR count). The van der Waals surface area contributed by atoms with Gasteiger partial charge in [-0.15, -0.1) is 0 Å². The van der Waals surface area contributed by atoms with Crippen molar-refractivity contribution in [2.24, 2.45) is 0 Å². The van der Waals surface area contributed by atoms with Crippen LogP contribution in [0.4, 0.5) is 5.82 Å². The van der Waals surface area contributed by atoms with E-state index in [2.05, 4.69) is 31.0 Å². The van der Waals surface area contributed by atoms with Crippen LogP contribution in [-0.4, -0.2) is 9.38 Å². The number of rotatable bonds is 2. The first-order chi connectivity index (χ1) is 9.97. The minimum absolute atomic E-state index is 0.485. The van der Waals surface area contributed by atoms with Gasteiger partial charge in [-0.3, -0.25) is 4.40 Å². The maximum Gasteiger partial charge on any atom is 0.158 e. The van der Waals surface area contributed by atoms with Crippen molar-refractivity contribution in [3.05, 3.63) is 52.1 Å². The Bertz CT molecular complexity index is 804. The van der Waals surface area contributed by atoms with E-state index in [9.17, 15) is 0 Å². The zero-order chi connectivity index (χ0) is 15.1. The van der Waals surface area contributed by atoms with E-state index < -0.39 is 0 Å². The fourth-order valence-corrected chi connectivity index (χ4v) is 2.84. The van der Waals surface area contributed by atoms with E-state index in [-0.39, 0.29) is 0 Å². The van der Waals surface area contributed by atoms with Crippen LogP contribution in [0.2, 0.25) is 10.0 Å². The Morgan fingerprint density at radius 1 is 1.14 bits per heavy atom. The van der Waals surface area contributed by atoms with Crippen LogP contribution in [0.3, 0.4) is 0 Å². The Hall–Kier alpha value is -1.71. The number of aromatic nitrogens is 2. The van der Waals surface area contributed by atoms with Gasteiger partial charge in [0.25, 0.3) is 0 Å². The first-order valence-electron chi connectivity index (χ1n) is 6.70. The third kappa shape index (κ3) is 2.47. The number of pyridine rings is 1. The molecule has 2 aromatic heterocycles. The van der Waals surface area contributed by atoms with Crippen molar-refractivity contribution in [1.82, 2.24) is 9.38 Å². The summed E-state index contributed by atoms with van der Waals surface area (Å²) in [5, 5.41) is 1.01. The first-order valence-corrected chi connectivity index (χ1v) is 7.46. The van der Waals surface area contributed by atoms with E-state index in [1.54, 1.807) is 16.7 Å². The van der Waals surface area contributed by atoms with Gasteiger partial charge in [-0.25, -0.2) is 4.98 Å². The zero-order valence-corrected chi connectivity index (χ0v) is 13.3. The van der Waals surface area contributed by atoms with Crippen molar-refractivity contribution in [2.75, 3.05) is 5.73 Å². The van der Waals surface area contributed by atoms with Crippen LogP contribution in [0, 0.1) is 0 Å². The van der Waals surface area contributed by atoms with Gasteiger partial charge in [-0.2, -0.15) is 0 Å². The fourth-order valence-electron chi connectivity index (χ4n) is 2.33. The Kier molecular flexibility index (Phi) is 3.56. The van der Waals surface area contributed by atoms with Crippen molar-refractivity contribution in [1.29, 1.82) is 0 Å². The first kappa shape index (κ1) is 14.2. The summed E-state index contributed by atoms with van der Waals surface area (Å²) in [5.41, 5.74) is 9.76. The molecular formula is C16H15Cl2N3. The lowest BCUT2D eigenvalue weighted by atomic mass is 10.0. The number of halogens is 2. The Morgan fingerprint density at radius 2 is 1.81 bits per heavy atom. The molecule has 0 aliphatic rings. The molecule has 5 heteroatoms. The third-order valence-corrected chi connectivity index (χ3v) is 4.01. The number of anilines is 1. The molecular weight excluding hydrogens is 305 g/mol. The van der Waals surface area contributed by atoms with Crippen LogP contribution in [0.1, 0.15) is 25.3 Å². The summed E-state index contributed by atoms with van der Waals surface area (Å²) in [6, 6.07) is 9.92. The molecule has 0 atom stereocenters. The highest BCUT2D eigenvalue weighted by molar-refractivity contribution is 6.36. The highest BCUT2D eigenvalue weighted by atomic mass is 35.5. The number of imidazole rings is 1. The molecule has 0 unspecified atom stereocenters. The van der Waals surface area contributed by atoms with Crippen LogP contribution >= 0.6 is 23.2 Å². The van der Waals surface area contributed by atoms with Gasteiger partial charge < -0.3 is 5.73 Å². The molecule has 0 saturated heterocycles. The fraction of sp³-hybridized carbons (Fsp3) is 0.188. The van der Waals surface area contributed by atoms with E-state index in [1.807, 2.05) is 12.1 Å². The molecule has 0 aliphatic carbocycles. The molecule has 2 N–H and O–H groups in total. The normalized spacial score (nSPS) is 11.5. The standard InChI is InChI=1S/C16H15Cl2N3/c1-9(2)10-3-5-11(6-4-10)14-15(19)21-8-12(17)7-13(18)16(21)20-14/h3-9H,19H2,1-2H3. The van der Waals surface area contributed by atoms with Gasteiger partial charge in [-0.05, 0) is 17.5 Å². The van der Waals surface area contributed by atoms with E-state index in [0.717, 1.165) is 11.3 Å². The SMILES string of the molecule is CC(C)c1ccc(-c2nc3c(Cl)cc(Cl)cn3c2N)cc1. The van der Waals surface area contributed by atoms with E-state index >= 15 is 0 Å². The van der Waals surface area contributed by atoms with Crippen LogP contribution in [0.5, 0.6) is 0 Å². The summed E-state index contributed by atoms with van der Waals surface area (Å²) >= 11 is 12.2. The number of nitrogens with two attached hydrogens (primary N) is 1. The number of benzene rings is 1. The van der Waals surface area contributed by atoms with E-state index in [0.29, 0.717) is 27.4 Å². The van der Waals surface area contributed by atoms with E-state index in [1.165, 1.54) is 5.56 Å². The lowest BCUT2D eigenvalue weighted by Crippen LogP contribution is -1.94. The molecule has 1 aromatic carbocycles. The van der Waals surface area contributed by atoms with Crippen LogP contribution in [0.15, 0.2) is 36.5 Å². The van der Waals surface area contributed by atoms with E-state index in [4.69, 9.17) is 28.9 Å². The molecule has 0 radical (unpaired) electrons. The summed E-state index contributed by atoms with van der Waals surface area (Å²) in [7, 11) is 0. The van der Waals surface area contributed by atoms with Gasteiger partial charge in [0.15, 0.2) is 5.65 Å². The maximum atomic E-state index is 6.19. The monoisotopic (exact) mass is 319 g/mol. The van der Waals surface area contributed by atoms with Gasteiger partial charge in [0.1, 0.15) is 11.5 Å².